The maximum atomic E-state index is 6.18. The highest BCUT2D eigenvalue weighted by molar-refractivity contribution is 6.29. The third-order valence-corrected chi connectivity index (χ3v) is 4.64. The van der Waals surface area contributed by atoms with Gasteiger partial charge in [-0.3, -0.25) is 9.88 Å². The Hall–Kier alpha value is -1.72. The molecule has 0 bridgehead atoms. The van der Waals surface area contributed by atoms with Gasteiger partial charge in [0, 0.05) is 50.9 Å². The monoisotopic (exact) mass is 329 g/mol. The number of rotatable bonds is 4. The molecule has 2 fully saturated rings. The van der Waals surface area contributed by atoms with Gasteiger partial charge in [0.05, 0.1) is 5.69 Å². The van der Waals surface area contributed by atoms with E-state index in [1.165, 1.54) is 12.8 Å². The first-order valence-corrected chi connectivity index (χ1v) is 8.57. The molecule has 0 spiro atoms. The average molecular weight is 330 g/mol. The van der Waals surface area contributed by atoms with Crippen molar-refractivity contribution in [1.82, 2.24) is 19.9 Å². The number of halogens is 1. The lowest BCUT2D eigenvalue weighted by molar-refractivity contribution is 0.246. The van der Waals surface area contributed by atoms with Crippen molar-refractivity contribution in [3.05, 3.63) is 47.1 Å². The van der Waals surface area contributed by atoms with E-state index in [-0.39, 0.29) is 0 Å². The molecule has 2 aliphatic rings. The molecule has 1 saturated heterocycles. The summed E-state index contributed by atoms with van der Waals surface area (Å²) in [5, 5.41) is 0.563. The lowest BCUT2D eigenvalue weighted by Crippen LogP contribution is -2.46. The summed E-state index contributed by atoms with van der Waals surface area (Å²) in [5.41, 5.74) is 1.13. The summed E-state index contributed by atoms with van der Waals surface area (Å²) < 4.78 is 0. The van der Waals surface area contributed by atoms with Gasteiger partial charge in [0.1, 0.15) is 16.8 Å². The fourth-order valence-electron chi connectivity index (χ4n) is 2.96. The van der Waals surface area contributed by atoms with Gasteiger partial charge < -0.3 is 4.90 Å². The molecule has 0 atom stereocenters. The van der Waals surface area contributed by atoms with E-state index in [2.05, 4.69) is 25.8 Å². The molecule has 1 saturated carbocycles. The largest absolute Gasteiger partial charge is 0.354 e. The summed E-state index contributed by atoms with van der Waals surface area (Å²) in [7, 11) is 0. The SMILES string of the molecule is Clc1cc(N2CCN(Cc3ccccn3)CC2)nc(C2CC2)n1. The van der Waals surface area contributed by atoms with Crippen LogP contribution in [-0.2, 0) is 6.54 Å². The molecule has 4 rings (SSSR count). The van der Waals surface area contributed by atoms with Crippen molar-refractivity contribution >= 4 is 17.4 Å². The van der Waals surface area contributed by atoms with Crippen LogP contribution in [0.15, 0.2) is 30.5 Å². The number of piperazine rings is 1. The van der Waals surface area contributed by atoms with Crippen LogP contribution in [0, 0.1) is 0 Å². The highest BCUT2D eigenvalue weighted by atomic mass is 35.5. The first-order chi connectivity index (χ1) is 11.3. The molecule has 0 amide bonds. The summed E-state index contributed by atoms with van der Waals surface area (Å²) in [5.74, 6) is 2.42. The molecule has 23 heavy (non-hydrogen) atoms. The molecule has 120 valence electrons. The second kappa shape index (κ2) is 6.42. The minimum absolute atomic E-state index is 0.526. The van der Waals surface area contributed by atoms with Crippen LogP contribution in [0.5, 0.6) is 0 Å². The standard InChI is InChI=1S/C17H20ClN5/c18-15-11-16(21-17(20-15)13-4-5-13)23-9-7-22(8-10-23)12-14-3-1-2-6-19-14/h1-3,6,11,13H,4-5,7-10,12H2. The van der Waals surface area contributed by atoms with E-state index in [0.29, 0.717) is 11.1 Å². The van der Waals surface area contributed by atoms with Gasteiger partial charge in [0.25, 0.3) is 0 Å². The Morgan fingerprint density at radius 2 is 1.91 bits per heavy atom. The van der Waals surface area contributed by atoms with E-state index < -0.39 is 0 Å². The highest BCUT2D eigenvalue weighted by Gasteiger charge is 2.28. The van der Waals surface area contributed by atoms with Crippen molar-refractivity contribution in [2.24, 2.45) is 0 Å². The van der Waals surface area contributed by atoms with Crippen molar-refractivity contribution in [2.75, 3.05) is 31.1 Å². The number of hydrogen-bond donors (Lipinski definition) is 0. The van der Waals surface area contributed by atoms with Crippen LogP contribution in [0.25, 0.3) is 0 Å². The molecule has 0 radical (unpaired) electrons. The minimum atomic E-state index is 0.526. The lowest BCUT2D eigenvalue weighted by Gasteiger charge is -2.35. The fraction of sp³-hybridized carbons (Fsp3) is 0.471. The van der Waals surface area contributed by atoms with Gasteiger partial charge in [-0.2, -0.15) is 0 Å². The zero-order valence-corrected chi connectivity index (χ0v) is 13.8. The van der Waals surface area contributed by atoms with Crippen LogP contribution in [0.1, 0.15) is 30.3 Å². The van der Waals surface area contributed by atoms with Gasteiger partial charge in [-0.25, -0.2) is 9.97 Å². The fourth-order valence-corrected chi connectivity index (χ4v) is 3.15. The van der Waals surface area contributed by atoms with E-state index in [4.69, 9.17) is 16.6 Å². The number of anilines is 1. The van der Waals surface area contributed by atoms with Crippen molar-refractivity contribution in [1.29, 1.82) is 0 Å². The second-order valence-corrected chi connectivity index (χ2v) is 6.65. The third kappa shape index (κ3) is 3.62. The van der Waals surface area contributed by atoms with Gasteiger partial charge in [-0.05, 0) is 25.0 Å². The van der Waals surface area contributed by atoms with Gasteiger partial charge in [0.2, 0.25) is 0 Å². The van der Waals surface area contributed by atoms with Crippen LogP contribution in [0.4, 0.5) is 5.82 Å². The predicted octanol–water partition coefficient (Wildman–Crippen LogP) is 2.72. The Bertz CT molecular complexity index is 666. The molecule has 0 unspecified atom stereocenters. The van der Waals surface area contributed by atoms with Crippen LogP contribution in [-0.4, -0.2) is 46.0 Å². The normalized spacial score (nSPS) is 19.1. The summed E-state index contributed by atoms with van der Waals surface area (Å²) in [4.78, 5) is 18.3. The maximum absolute atomic E-state index is 6.18. The molecule has 2 aromatic heterocycles. The van der Waals surface area contributed by atoms with E-state index in [1.807, 2.05) is 24.4 Å². The summed E-state index contributed by atoms with van der Waals surface area (Å²) >= 11 is 6.18. The Morgan fingerprint density at radius 3 is 2.61 bits per heavy atom. The first-order valence-electron chi connectivity index (χ1n) is 8.19. The van der Waals surface area contributed by atoms with Gasteiger partial charge >= 0.3 is 0 Å². The molecule has 6 heteroatoms. The van der Waals surface area contributed by atoms with E-state index in [1.54, 1.807) is 0 Å². The van der Waals surface area contributed by atoms with E-state index in [0.717, 1.165) is 50.1 Å². The van der Waals surface area contributed by atoms with Crippen molar-refractivity contribution in [3.63, 3.8) is 0 Å². The molecule has 5 nitrogen and oxygen atoms in total. The average Bonchev–Trinajstić information content (AvgIpc) is 3.41. The van der Waals surface area contributed by atoms with Crippen molar-refractivity contribution in [2.45, 2.75) is 25.3 Å². The first kappa shape index (κ1) is 14.8. The van der Waals surface area contributed by atoms with Crippen molar-refractivity contribution < 1.29 is 0 Å². The van der Waals surface area contributed by atoms with Crippen molar-refractivity contribution in [3.8, 4) is 0 Å². The van der Waals surface area contributed by atoms with Crippen LogP contribution < -0.4 is 4.90 Å². The summed E-state index contributed by atoms with van der Waals surface area (Å²) in [6, 6.07) is 7.97. The predicted molar refractivity (Wildman–Crippen MR) is 90.7 cm³/mol. The van der Waals surface area contributed by atoms with Crippen LogP contribution in [0.3, 0.4) is 0 Å². The summed E-state index contributed by atoms with van der Waals surface area (Å²) in [6.45, 7) is 4.86. The van der Waals surface area contributed by atoms with E-state index >= 15 is 0 Å². The molecule has 1 aliphatic carbocycles. The maximum Gasteiger partial charge on any atom is 0.135 e. The quantitative estimate of drug-likeness (QED) is 0.807. The van der Waals surface area contributed by atoms with Crippen LogP contribution >= 0.6 is 11.6 Å². The molecular formula is C17H20ClN5. The smallest absolute Gasteiger partial charge is 0.135 e. The second-order valence-electron chi connectivity index (χ2n) is 6.27. The number of pyridine rings is 1. The molecule has 2 aromatic rings. The Kier molecular flexibility index (Phi) is 4.14. The zero-order chi connectivity index (χ0) is 15.6. The Balaban J connectivity index is 1.39. The molecular weight excluding hydrogens is 310 g/mol. The molecule has 1 aliphatic heterocycles. The van der Waals surface area contributed by atoms with Gasteiger partial charge in [0.15, 0.2) is 0 Å². The zero-order valence-electron chi connectivity index (χ0n) is 13.0. The Morgan fingerprint density at radius 1 is 1.09 bits per heavy atom. The number of aromatic nitrogens is 3. The number of nitrogens with zero attached hydrogens (tertiary/aromatic N) is 5. The third-order valence-electron chi connectivity index (χ3n) is 4.45. The van der Waals surface area contributed by atoms with Gasteiger partial charge in [-0.15, -0.1) is 0 Å². The number of hydrogen-bond acceptors (Lipinski definition) is 5. The molecule has 3 heterocycles. The van der Waals surface area contributed by atoms with Crippen LogP contribution in [0.2, 0.25) is 5.15 Å². The molecule has 0 aromatic carbocycles. The minimum Gasteiger partial charge on any atom is -0.354 e. The van der Waals surface area contributed by atoms with E-state index in [9.17, 15) is 0 Å². The lowest BCUT2D eigenvalue weighted by atomic mass is 10.2. The molecule has 0 N–H and O–H groups in total. The summed E-state index contributed by atoms with van der Waals surface area (Å²) in [6.07, 6.45) is 4.24. The Labute approximate surface area is 141 Å². The van der Waals surface area contributed by atoms with Gasteiger partial charge in [-0.1, -0.05) is 17.7 Å². The highest BCUT2D eigenvalue weighted by Crippen LogP contribution is 2.39. The topological polar surface area (TPSA) is 45.2 Å².